The summed E-state index contributed by atoms with van der Waals surface area (Å²) in [6, 6.07) is 42.9. The van der Waals surface area contributed by atoms with E-state index >= 15 is 0 Å². The molecule has 0 bridgehead atoms. The molecule has 0 aliphatic rings. The average Bonchev–Trinajstić information content (AvgIpc) is 3.58. The Morgan fingerprint density at radius 3 is 1.95 bits per heavy atom. The summed E-state index contributed by atoms with van der Waals surface area (Å²) in [5.74, 6) is 0. The molecule has 2 nitrogen and oxygen atoms in total. The lowest BCUT2D eigenvalue weighted by Crippen LogP contribution is -2.00. The molecule has 9 aromatic rings. The number of nitrogens with zero attached hydrogens (tertiary/aromatic N) is 1. The van der Waals surface area contributed by atoms with Crippen LogP contribution in [-0.4, -0.2) is 4.57 Å². The first kappa shape index (κ1) is 23.9. The number of rotatable bonds is 2. The fourth-order valence-electron chi connectivity index (χ4n) is 6.58. The van der Waals surface area contributed by atoms with Gasteiger partial charge < -0.3 is 4.57 Å². The first-order chi connectivity index (χ1) is 20.7. The molecule has 0 atom stereocenters. The van der Waals surface area contributed by atoms with Gasteiger partial charge >= 0.3 is 0 Å². The van der Waals surface area contributed by atoms with Gasteiger partial charge in [-0.2, -0.15) is 0 Å². The molecule has 0 N–H and O–H groups in total. The lowest BCUT2D eigenvalue weighted by molar-refractivity contribution is 1.17. The zero-order valence-electron chi connectivity index (χ0n) is 22.7. The third kappa shape index (κ3) is 3.34. The van der Waals surface area contributed by atoms with E-state index < -0.39 is 0 Å². The van der Waals surface area contributed by atoms with Crippen molar-refractivity contribution in [2.45, 2.75) is 6.92 Å². The Morgan fingerprint density at radius 2 is 1.12 bits per heavy atom. The van der Waals surface area contributed by atoms with Gasteiger partial charge in [-0.15, -0.1) is 22.7 Å². The van der Waals surface area contributed by atoms with E-state index in [1.165, 1.54) is 47.5 Å². The zero-order valence-corrected chi connectivity index (χ0v) is 24.4. The highest BCUT2D eigenvalue weighted by Crippen LogP contribution is 2.43. The number of para-hydroxylation sites is 1. The van der Waals surface area contributed by atoms with E-state index in [4.69, 9.17) is 0 Å². The Hall–Kier alpha value is -4.77. The minimum Gasteiger partial charge on any atom is -0.308 e. The molecule has 4 heteroatoms. The summed E-state index contributed by atoms with van der Waals surface area (Å²) in [5, 5.41) is 6.75. The van der Waals surface area contributed by atoms with E-state index in [2.05, 4.69) is 109 Å². The van der Waals surface area contributed by atoms with Gasteiger partial charge in [0.1, 0.15) is 0 Å². The maximum atomic E-state index is 13.3. The first-order valence-electron chi connectivity index (χ1n) is 14.1. The topological polar surface area (TPSA) is 22.0 Å². The van der Waals surface area contributed by atoms with Gasteiger partial charge in [-0.25, -0.2) is 0 Å². The molecular formula is C38H23NOS2. The lowest BCUT2D eigenvalue weighted by atomic mass is 10.0. The van der Waals surface area contributed by atoms with Gasteiger partial charge in [0.25, 0.3) is 0 Å². The summed E-state index contributed by atoms with van der Waals surface area (Å²) in [6.45, 7) is 2.20. The fraction of sp³-hybridized carbons (Fsp3) is 0.0263. The van der Waals surface area contributed by atoms with Crippen LogP contribution in [0.25, 0.3) is 79.0 Å². The predicted molar refractivity (Wildman–Crippen MR) is 183 cm³/mol. The minimum atomic E-state index is 0.102. The molecular weight excluding hydrogens is 551 g/mol. The smallest absolute Gasteiger partial charge is 0.195 e. The van der Waals surface area contributed by atoms with Crippen LogP contribution in [0.5, 0.6) is 0 Å². The van der Waals surface area contributed by atoms with Crippen LogP contribution in [0.4, 0.5) is 0 Å². The largest absolute Gasteiger partial charge is 0.308 e. The molecule has 0 aliphatic carbocycles. The second-order valence-corrected chi connectivity index (χ2v) is 13.1. The third-order valence-electron chi connectivity index (χ3n) is 8.53. The van der Waals surface area contributed by atoms with Crippen LogP contribution in [0.3, 0.4) is 0 Å². The number of hydrogen-bond acceptors (Lipinski definition) is 3. The van der Waals surface area contributed by atoms with Gasteiger partial charge in [0.15, 0.2) is 5.43 Å². The van der Waals surface area contributed by atoms with E-state index in [9.17, 15) is 4.79 Å². The Balaban J connectivity index is 1.27. The van der Waals surface area contributed by atoms with Crippen LogP contribution in [0.1, 0.15) is 5.56 Å². The second kappa shape index (κ2) is 8.86. The van der Waals surface area contributed by atoms with Crippen molar-refractivity contribution >= 4 is 84.8 Å². The first-order valence-corrected chi connectivity index (χ1v) is 15.7. The highest BCUT2D eigenvalue weighted by atomic mass is 32.1. The predicted octanol–water partition coefficient (Wildman–Crippen LogP) is 10.9. The van der Waals surface area contributed by atoms with Crippen molar-refractivity contribution in [1.82, 2.24) is 4.57 Å². The lowest BCUT2D eigenvalue weighted by Gasteiger charge is -2.12. The van der Waals surface area contributed by atoms with Crippen molar-refractivity contribution in [3.05, 3.63) is 137 Å². The molecule has 0 amide bonds. The van der Waals surface area contributed by atoms with Gasteiger partial charge in [0.05, 0.1) is 11.0 Å². The van der Waals surface area contributed by atoms with Crippen LogP contribution in [0.2, 0.25) is 0 Å². The number of thiophene rings is 1. The maximum Gasteiger partial charge on any atom is 0.195 e. The van der Waals surface area contributed by atoms with E-state index in [1.54, 1.807) is 11.3 Å². The molecule has 0 radical (unpaired) electrons. The minimum absolute atomic E-state index is 0.102. The molecule has 198 valence electrons. The number of benzene rings is 6. The second-order valence-electron chi connectivity index (χ2n) is 10.9. The van der Waals surface area contributed by atoms with Crippen molar-refractivity contribution in [2.75, 3.05) is 0 Å². The summed E-state index contributed by atoms with van der Waals surface area (Å²) in [6.07, 6.45) is 0. The van der Waals surface area contributed by atoms with Crippen molar-refractivity contribution in [3.8, 4) is 16.8 Å². The van der Waals surface area contributed by atoms with Gasteiger partial charge in [-0.1, -0.05) is 72.8 Å². The van der Waals surface area contributed by atoms with Crippen LogP contribution in [0, 0.1) is 6.92 Å². The Labute approximate surface area is 249 Å². The molecule has 6 aromatic carbocycles. The van der Waals surface area contributed by atoms with E-state index in [0.29, 0.717) is 0 Å². The Bertz CT molecular complexity index is 2600. The molecule has 0 aliphatic heterocycles. The third-order valence-corrected chi connectivity index (χ3v) is 10.8. The van der Waals surface area contributed by atoms with Crippen LogP contribution in [0.15, 0.2) is 126 Å². The molecule has 0 unspecified atom stereocenters. The summed E-state index contributed by atoms with van der Waals surface area (Å²) in [7, 11) is 0. The van der Waals surface area contributed by atoms with Crippen molar-refractivity contribution in [2.24, 2.45) is 0 Å². The zero-order chi connectivity index (χ0) is 27.9. The Morgan fingerprint density at radius 1 is 0.500 bits per heavy atom. The molecule has 3 heterocycles. The normalized spacial score (nSPS) is 12.0. The van der Waals surface area contributed by atoms with Crippen molar-refractivity contribution < 1.29 is 0 Å². The molecule has 0 fully saturated rings. The monoisotopic (exact) mass is 573 g/mol. The van der Waals surface area contributed by atoms with E-state index in [0.717, 1.165) is 37.0 Å². The molecule has 9 rings (SSSR count). The van der Waals surface area contributed by atoms with Gasteiger partial charge in [0, 0.05) is 56.8 Å². The van der Waals surface area contributed by atoms with Crippen LogP contribution in [-0.2, 0) is 0 Å². The Kier molecular flexibility index (Phi) is 5.04. The molecule has 42 heavy (non-hydrogen) atoms. The number of hydrogen-bond donors (Lipinski definition) is 0. The highest BCUT2D eigenvalue weighted by Gasteiger charge is 2.19. The van der Waals surface area contributed by atoms with Crippen LogP contribution < -0.4 is 5.43 Å². The number of aryl methyl sites for hydroxylation is 1. The fourth-order valence-corrected chi connectivity index (χ4v) is 8.74. The number of fused-ring (bicyclic) bond motifs is 9. The summed E-state index contributed by atoms with van der Waals surface area (Å²) in [5.41, 5.74) is 7.15. The van der Waals surface area contributed by atoms with E-state index in [-0.39, 0.29) is 5.43 Å². The maximum absolute atomic E-state index is 13.3. The summed E-state index contributed by atoms with van der Waals surface area (Å²) < 4.78 is 7.12. The quantitative estimate of drug-likeness (QED) is 0.189. The summed E-state index contributed by atoms with van der Waals surface area (Å²) in [4.78, 5) is 13.3. The van der Waals surface area contributed by atoms with E-state index in [1.807, 2.05) is 35.6 Å². The molecule has 0 spiro atoms. The van der Waals surface area contributed by atoms with Crippen molar-refractivity contribution in [1.29, 1.82) is 0 Å². The highest BCUT2D eigenvalue weighted by molar-refractivity contribution is 7.26. The van der Waals surface area contributed by atoms with Gasteiger partial charge in [-0.05, 0) is 72.1 Å². The SMILES string of the molecule is Cc1cccc2c3ccc4sc5ccccc5c4c3n(-c3ccc(-c4ccc5sc6ccccc6c(=O)c5c4)cc3)c12. The average molecular weight is 574 g/mol. The van der Waals surface area contributed by atoms with Crippen molar-refractivity contribution in [3.63, 3.8) is 0 Å². The van der Waals surface area contributed by atoms with Gasteiger partial charge in [-0.3, -0.25) is 4.79 Å². The molecule has 0 saturated heterocycles. The molecule has 3 aromatic heterocycles. The van der Waals surface area contributed by atoms with Crippen LogP contribution >= 0.6 is 22.7 Å². The molecule has 0 saturated carbocycles. The number of aromatic nitrogens is 1. The van der Waals surface area contributed by atoms with Gasteiger partial charge in [0.2, 0.25) is 0 Å². The summed E-state index contributed by atoms with van der Waals surface area (Å²) >= 11 is 3.53. The standard InChI is InChI=1S/C38H23NOS2/c1-22-7-6-10-26-27-18-20-34-35(28-8-2-4-11-31(28)42-34)37(27)39(36(22)26)25-16-13-23(14-17-25)24-15-19-33-30(21-24)38(40)29-9-3-5-12-32(29)41-33/h2-21H,1H3.